The van der Waals surface area contributed by atoms with Crippen LogP contribution in [-0.2, 0) is 11.3 Å². The van der Waals surface area contributed by atoms with Crippen molar-refractivity contribution in [1.82, 2.24) is 0 Å². The van der Waals surface area contributed by atoms with Crippen molar-refractivity contribution in [3.63, 3.8) is 0 Å². The Morgan fingerprint density at radius 2 is 2.05 bits per heavy atom. The highest BCUT2D eigenvalue weighted by Crippen LogP contribution is 2.22. The fraction of sp³-hybridized carbons (Fsp3) is 0.0714. The third-order valence-corrected chi connectivity index (χ3v) is 3.64. The van der Waals surface area contributed by atoms with Crippen molar-refractivity contribution < 1.29 is 13.9 Å². The molecule has 104 valence electrons. The number of nitrogens with two attached hydrogens (primary N) is 1. The average molecular weight is 359 g/mol. The normalized spacial score (nSPS) is 10.3. The van der Waals surface area contributed by atoms with Crippen LogP contribution in [0.5, 0.6) is 0 Å². The van der Waals surface area contributed by atoms with Crippen molar-refractivity contribution in [2.24, 2.45) is 0 Å². The van der Waals surface area contributed by atoms with E-state index in [1.807, 2.05) is 0 Å². The molecule has 0 aliphatic carbocycles. The first-order valence-electron chi connectivity index (χ1n) is 5.63. The molecule has 2 aromatic carbocycles. The first kappa shape index (κ1) is 14.8. The molecule has 20 heavy (non-hydrogen) atoms. The zero-order valence-corrected chi connectivity index (χ0v) is 12.5. The van der Waals surface area contributed by atoms with Crippen molar-refractivity contribution in [3.8, 4) is 0 Å². The first-order valence-corrected chi connectivity index (χ1v) is 6.80. The molecule has 0 fully saturated rings. The van der Waals surface area contributed by atoms with Gasteiger partial charge in [-0.3, -0.25) is 0 Å². The maximum Gasteiger partial charge on any atom is 0.339 e. The molecule has 0 unspecified atom stereocenters. The molecule has 0 atom stereocenters. The predicted molar refractivity (Wildman–Crippen MR) is 79.1 cm³/mol. The number of carbonyl (C=O) groups excluding carboxylic acids is 1. The van der Waals surface area contributed by atoms with Gasteiger partial charge in [-0.05, 0) is 52.3 Å². The molecule has 0 aromatic heterocycles. The van der Waals surface area contributed by atoms with E-state index in [9.17, 15) is 9.18 Å². The molecule has 0 saturated heterocycles. The van der Waals surface area contributed by atoms with Crippen LogP contribution in [0.15, 0.2) is 40.9 Å². The van der Waals surface area contributed by atoms with E-state index in [4.69, 9.17) is 22.1 Å². The number of ether oxygens (including phenoxy) is 1. The lowest BCUT2D eigenvalue weighted by Gasteiger charge is -2.08. The topological polar surface area (TPSA) is 52.3 Å². The van der Waals surface area contributed by atoms with Gasteiger partial charge in [0.25, 0.3) is 0 Å². The molecular weight excluding hydrogens is 349 g/mol. The number of carbonyl (C=O) groups is 1. The number of benzene rings is 2. The summed E-state index contributed by atoms with van der Waals surface area (Å²) in [7, 11) is 0. The monoisotopic (exact) mass is 357 g/mol. The minimum atomic E-state index is -0.565. The summed E-state index contributed by atoms with van der Waals surface area (Å²) in [5.74, 6) is -1.00. The summed E-state index contributed by atoms with van der Waals surface area (Å²) in [6, 6.07) is 8.69. The molecule has 0 radical (unpaired) electrons. The smallest absolute Gasteiger partial charge is 0.339 e. The summed E-state index contributed by atoms with van der Waals surface area (Å²) < 4.78 is 18.8. The fourth-order valence-electron chi connectivity index (χ4n) is 1.57. The molecule has 2 rings (SSSR count). The summed E-state index contributed by atoms with van der Waals surface area (Å²) in [6.45, 7) is -0.114. The number of esters is 1. The van der Waals surface area contributed by atoms with Gasteiger partial charge < -0.3 is 10.5 Å². The molecular formula is C14H10BrClFNO2. The highest BCUT2D eigenvalue weighted by atomic mass is 79.9. The quantitative estimate of drug-likeness (QED) is 0.661. The van der Waals surface area contributed by atoms with Crippen LogP contribution in [0.3, 0.4) is 0 Å². The highest BCUT2D eigenvalue weighted by Gasteiger charge is 2.13. The third kappa shape index (κ3) is 3.49. The van der Waals surface area contributed by atoms with E-state index >= 15 is 0 Å². The van der Waals surface area contributed by atoms with Crippen molar-refractivity contribution in [2.75, 3.05) is 5.73 Å². The van der Waals surface area contributed by atoms with E-state index in [-0.39, 0.29) is 6.61 Å². The fourth-order valence-corrected chi connectivity index (χ4v) is 2.15. The van der Waals surface area contributed by atoms with E-state index in [0.717, 1.165) is 0 Å². The van der Waals surface area contributed by atoms with Gasteiger partial charge in [-0.15, -0.1) is 0 Å². The van der Waals surface area contributed by atoms with Gasteiger partial charge in [-0.2, -0.15) is 0 Å². The molecule has 0 bridgehead atoms. The Morgan fingerprint density at radius 1 is 1.30 bits per heavy atom. The second-order valence-electron chi connectivity index (χ2n) is 4.05. The van der Waals surface area contributed by atoms with Gasteiger partial charge in [0.15, 0.2) is 0 Å². The van der Waals surface area contributed by atoms with Crippen LogP contribution in [0.4, 0.5) is 10.1 Å². The first-order chi connectivity index (χ1) is 9.47. The maximum absolute atomic E-state index is 13.1. The molecule has 2 N–H and O–H groups in total. The molecule has 0 aliphatic heterocycles. The predicted octanol–water partition coefficient (Wildman–Crippen LogP) is 4.18. The Balaban J connectivity index is 2.12. The Hall–Kier alpha value is -1.59. The van der Waals surface area contributed by atoms with Gasteiger partial charge in [-0.25, -0.2) is 9.18 Å². The molecule has 0 heterocycles. The summed E-state index contributed by atoms with van der Waals surface area (Å²) in [5, 5.41) is 0.339. The number of hydrogen-bond donors (Lipinski definition) is 1. The number of hydrogen-bond acceptors (Lipinski definition) is 3. The van der Waals surface area contributed by atoms with E-state index in [0.29, 0.717) is 26.3 Å². The SMILES string of the molecule is Nc1ccc(Br)c(C(=O)OCc2cc(F)ccc2Cl)c1. The van der Waals surface area contributed by atoms with Crippen LogP contribution >= 0.6 is 27.5 Å². The van der Waals surface area contributed by atoms with E-state index in [2.05, 4.69) is 15.9 Å². The summed E-state index contributed by atoms with van der Waals surface area (Å²) in [5.41, 5.74) is 6.77. The summed E-state index contributed by atoms with van der Waals surface area (Å²) >= 11 is 9.14. The number of anilines is 1. The lowest BCUT2D eigenvalue weighted by atomic mass is 10.2. The molecule has 0 aliphatic rings. The van der Waals surface area contributed by atoms with Gasteiger partial charge in [0.2, 0.25) is 0 Å². The van der Waals surface area contributed by atoms with Gasteiger partial charge in [0.05, 0.1) is 5.56 Å². The third-order valence-electron chi connectivity index (χ3n) is 2.58. The number of rotatable bonds is 3. The Morgan fingerprint density at radius 3 is 2.80 bits per heavy atom. The Bertz CT molecular complexity index is 664. The van der Waals surface area contributed by atoms with Gasteiger partial charge in [0.1, 0.15) is 12.4 Å². The maximum atomic E-state index is 13.1. The van der Waals surface area contributed by atoms with Crippen LogP contribution in [0.25, 0.3) is 0 Å². The highest BCUT2D eigenvalue weighted by molar-refractivity contribution is 9.10. The Kier molecular flexibility index (Phi) is 4.62. The van der Waals surface area contributed by atoms with Gasteiger partial charge >= 0.3 is 5.97 Å². The van der Waals surface area contributed by atoms with Crippen molar-refractivity contribution in [1.29, 1.82) is 0 Å². The van der Waals surface area contributed by atoms with Gasteiger partial charge in [0, 0.05) is 20.7 Å². The number of nitrogen functional groups attached to an aromatic ring is 1. The molecule has 6 heteroatoms. The largest absolute Gasteiger partial charge is 0.457 e. The van der Waals surface area contributed by atoms with Crippen molar-refractivity contribution in [2.45, 2.75) is 6.61 Å². The average Bonchev–Trinajstić information content (AvgIpc) is 2.42. The minimum absolute atomic E-state index is 0.114. The molecule has 0 saturated carbocycles. The molecule has 0 spiro atoms. The number of halogens is 3. The molecule has 0 amide bonds. The minimum Gasteiger partial charge on any atom is -0.457 e. The van der Waals surface area contributed by atoms with Gasteiger partial charge in [-0.1, -0.05) is 11.6 Å². The summed E-state index contributed by atoms with van der Waals surface area (Å²) in [6.07, 6.45) is 0. The van der Waals surface area contributed by atoms with Crippen molar-refractivity contribution in [3.05, 3.63) is 62.8 Å². The van der Waals surface area contributed by atoms with E-state index < -0.39 is 11.8 Å². The van der Waals surface area contributed by atoms with Crippen LogP contribution in [0.2, 0.25) is 5.02 Å². The summed E-state index contributed by atoms with van der Waals surface area (Å²) in [4.78, 5) is 11.9. The zero-order valence-electron chi connectivity index (χ0n) is 10.2. The van der Waals surface area contributed by atoms with Crippen LogP contribution < -0.4 is 5.73 Å². The second-order valence-corrected chi connectivity index (χ2v) is 5.31. The van der Waals surface area contributed by atoms with Crippen LogP contribution in [0.1, 0.15) is 15.9 Å². The zero-order chi connectivity index (χ0) is 14.7. The molecule has 2 aromatic rings. The standard InChI is InChI=1S/C14H10BrClFNO2/c15-12-3-2-10(18)6-11(12)14(19)20-7-8-5-9(17)1-4-13(8)16/h1-6H,7,18H2. The lowest BCUT2D eigenvalue weighted by molar-refractivity contribution is 0.0471. The molecule has 3 nitrogen and oxygen atoms in total. The second kappa shape index (κ2) is 6.24. The van der Waals surface area contributed by atoms with Crippen LogP contribution in [0, 0.1) is 5.82 Å². The van der Waals surface area contributed by atoms with Crippen molar-refractivity contribution >= 4 is 39.2 Å². The lowest BCUT2D eigenvalue weighted by Crippen LogP contribution is -2.07. The van der Waals surface area contributed by atoms with Crippen LogP contribution in [-0.4, -0.2) is 5.97 Å². The van der Waals surface area contributed by atoms with E-state index in [1.165, 1.54) is 24.3 Å². The Labute approximate surface area is 128 Å². The van der Waals surface area contributed by atoms with E-state index in [1.54, 1.807) is 12.1 Å².